The summed E-state index contributed by atoms with van der Waals surface area (Å²) in [5.74, 6) is -2.26. The number of halogens is 1. The van der Waals surface area contributed by atoms with Crippen LogP contribution in [-0.4, -0.2) is 30.3 Å². The first kappa shape index (κ1) is 10.9. The Morgan fingerprint density at radius 2 is 2.36 bits per heavy atom. The number of hydrogen-bond donors (Lipinski definition) is 0. The van der Waals surface area contributed by atoms with Crippen LogP contribution >= 0.6 is 0 Å². The quantitative estimate of drug-likeness (QED) is 0.508. The highest BCUT2D eigenvalue weighted by Gasteiger charge is 2.56. The van der Waals surface area contributed by atoms with Crippen molar-refractivity contribution in [2.24, 2.45) is 0 Å². The maximum atomic E-state index is 13.8. The smallest absolute Gasteiger partial charge is 0.356 e. The van der Waals surface area contributed by atoms with Crippen LogP contribution in [0, 0.1) is 0 Å². The van der Waals surface area contributed by atoms with Crippen LogP contribution in [0.1, 0.15) is 26.7 Å². The van der Waals surface area contributed by atoms with Crippen LogP contribution in [0.3, 0.4) is 0 Å². The van der Waals surface area contributed by atoms with Gasteiger partial charge in [0.05, 0.1) is 6.61 Å². The molecule has 2 atom stereocenters. The molecule has 1 heterocycles. The van der Waals surface area contributed by atoms with Gasteiger partial charge in [0, 0.05) is 6.42 Å². The summed E-state index contributed by atoms with van der Waals surface area (Å²) in [7, 11) is 0. The number of esters is 2. The van der Waals surface area contributed by atoms with Crippen molar-refractivity contribution in [3.63, 3.8) is 0 Å². The lowest BCUT2D eigenvalue weighted by molar-refractivity contribution is -0.166. The van der Waals surface area contributed by atoms with Gasteiger partial charge in [-0.3, -0.25) is 0 Å². The lowest BCUT2D eigenvalue weighted by Crippen LogP contribution is -2.40. The first-order valence-corrected chi connectivity index (χ1v) is 4.61. The molecule has 0 bridgehead atoms. The molecular weight excluding hydrogens is 191 g/mol. The molecule has 0 spiro atoms. The zero-order chi connectivity index (χ0) is 10.8. The van der Waals surface area contributed by atoms with Gasteiger partial charge >= 0.3 is 17.6 Å². The van der Waals surface area contributed by atoms with Crippen molar-refractivity contribution in [2.75, 3.05) is 6.61 Å². The minimum absolute atomic E-state index is 0.0502. The third kappa shape index (κ3) is 1.71. The number of carbonyl (C=O) groups is 2. The second-order valence-electron chi connectivity index (χ2n) is 3.16. The fraction of sp³-hybridized carbons (Fsp3) is 0.778. The highest BCUT2D eigenvalue weighted by molar-refractivity contribution is 6.04. The highest BCUT2D eigenvalue weighted by Crippen LogP contribution is 2.32. The van der Waals surface area contributed by atoms with Gasteiger partial charge in [-0.05, 0) is 13.3 Å². The number of ether oxygens (including phenoxy) is 2. The lowest BCUT2D eigenvalue weighted by atomic mass is 10.0. The molecule has 0 aromatic carbocycles. The molecule has 1 fully saturated rings. The second-order valence-corrected chi connectivity index (χ2v) is 3.16. The number of alkyl halides is 1. The van der Waals surface area contributed by atoms with E-state index < -0.39 is 23.7 Å². The first-order valence-electron chi connectivity index (χ1n) is 4.61. The van der Waals surface area contributed by atoms with Gasteiger partial charge in [0.2, 0.25) is 0 Å². The Bertz CT molecular complexity index is 253. The summed E-state index contributed by atoms with van der Waals surface area (Å²) in [6.07, 6.45) is -0.255. The summed E-state index contributed by atoms with van der Waals surface area (Å²) >= 11 is 0. The van der Waals surface area contributed by atoms with Gasteiger partial charge in [-0.15, -0.1) is 0 Å². The summed E-state index contributed by atoms with van der Waals surface area (Å²) < 4.78 is 22.9. The van der Waals surface area contributed by atoms with Gasteiger partial charge in [-0.2, -0.15) is 0 Å². The van der Waals surface area contributed by atoms with E-state index in [0.29, 0.717) is 6.42 Å². The molecule has 0 radical (unpaired) electrons. The Morgan fingerprint density at radius 3 is 2.79 bits per heavy atom. The molecule has 0 aromatic heterocycles. The molecular formula is C9H13FO4. The van der Waals surface area contributed by atoms with Gasteiger partial charge in [-0.1, -0.05) is 6.92 Å². The molecule has 5 heteroatoms. The van der Waals surface area contributed by atoms with E-state index in [0.717, 1.165) is 0 Å². The molecule has 80 valence electrons. The molecule has 0 amide bonds. The average molecular weight is 204 g/mol. The van der Waals surface area contributed by atoms with Crippen molar-refractivity contribution in [1.29, 1.82) is 0 Å². The van der Waals surface area contributed by atoms with Gasteiger partial charge < -0.3 is 9.47 Å². The summed E-state index contributed by atoms with van der Waals surface area (Å²) in [4.78, 5) is 22.2. The molecule has 1 aliphatic heterocycles. The standard InChI is InChI=1S/C9H13FO4/c1-3-6-5-9(10,8(12)14-6)7(11)13-4-2/h6H,3-5H2,1-2H3. The van der Waals surface area contributed by atoms with Crippen molar-refractivity contribution in [1.82, 2.24) is 0 Å². The van der Waals surface area contributed by atoms with E-state index in [1.807, 2.05) is 0 Å². The molecule has 0 aromatic rings. The lowest BCUT2D eigenvalue weighted by Gasteiger charge is -2.12. The van der Waals surface area contributed by atoms with Crippen molar-refractivity contribution in [2.45, 2.75) is 38.5 Å². The Labute approximate surface area is 81.4 Å². The minimum atomic E-state index is -2.59. The largest absolute Gasteiger partial charge is 0.463 e. The molecule has 1 aliphatic rings. The van der Waals surface area contributed by atoms with Crippen LogP contribution in [0.5, 0.6) is 0 Å². The second kappa shape index (κ2) is 3.94. The van der Waals surface area contributed by atoms with E-state index in [4.69, 9.17) is 0 Å². The van der Waals surface area contributed by atoms with E-state index in [2.05, 4.69) is 9.47 Å². The normalized spacial score (nSPS) is 31.4. The number of hydrogen-bond acceptors (Lipinski definition) is 4. The number of rotatable bonds is 3. The topological polar surface area (TPSA) is 52.6 Å². The number of carbonyl (C=O) groups excluding carboxylic acids is 2. The van der Waals surface area contributed by atoms with Crippen LogP contribution in [0.15, 0.2) is 0 Å². The van der Waals surface area contributed by atoms with Crippen LogP contribution < -0.4 is 0 Å². The first-order chi connectivity index (χ1) is 6.54. The fourth-order valence-corrected chi connectivity index (χ4v) is 1.32. The Balaban J connectivity index is 2.74. The molecule has 1 rings (SSSR count). The monoisotopic (exact) mass is 204 g/mol. The van der Waals surface area contributed by atoms with Crippen LogP contribution in [-0.2, 0) is 19.1 Å². The highest BCUT2D eigenvalue weighted by atomic mass is 19.1. The van der Waals surface area contributed by atoms with Crippen LogP contribution in [0.2, 0.25) is 0 Å². The van der Waals surface area contributed by atoms with Gasteiger partial charge in [0.15, 0.2) is 0 Å². The molecule has 0 aliphatic carbocycles. The van der Waals surface area contributed by atoms with Gasteiger partial charge in [0.25, 0.3) is 0 Å². The molecule has 0 N–H and O–H groups in total. The maximum absolute atomic E-state index is 13.8. The molecule has 14 heavy (non-hydrogen) atoms. The zero-order valence-corrected chi connectivity index (χ0v) is 8.21. The van der Waals surface area contributed by atoms with E-state index in [9.17, 15) is 14.0 Å². The minimum Gasteiger partial charge on any atom is -0.463 e. The SMILES string of the molecule is CCOC(=O)C1(F)CC(CC)OC1=O. The molecule has 4 nitrogen and oxygen atoms in total. The summed E-state index contributed by atoms with van der Waals surface area (Å²) in [5, 5.41) is 0. The molecule has 0 saturated carbocycles. The predicted molar refractivity (Wildman–Crippen MR) is 45.3 cm³/mol. The van der Waals surface area contributed by atoms with Crippen molar-refractivity contribution in [3.05, 3.63) is 0 Å². The van der Waals surface area contributed by atoms with Gasteiger partial charge in [-0.25, -0.2) is 14.0 Å². The van der Waals surface area contributed by atoms with Crippen molar-refractivity contribution in [3.8, 4) is 0 Å². The van der Waals surface area contributed by atoms with Gasteiger partial charge in [0.1, 0.15) is 6.10 Å². The Morgan fingerprint density at radius 1 is 1.71 bits per heavy atom. The van der Waals surface area contributed by atoms with E-state index in [1.165, 1.54) is 0 Å². The fourth-order valence-electron chi connectivity index (χ4n) is 1.32. The van der Waals surface area contributed by atoms with E-state index in [1.54, 1.807) is 13.8 Å². The van der Waals surface area contributed by atoms with E-state index in [-0.39, 0.29) is 13.0 Å². The summed E-state index contributed by atoms with van der Waals surface area (Å²) in [6.45, 7) is 3.36. The Hall–Kier alpha value is -1.13. The number of cyclic esters (lactones) is 1. The summed E-state index contributed by atoms with van der Waals surface area (Å²) in [6, 6.07) is 0. The van der Waals surface area contributed by atoms with Crippen LogP contribution in [0.25, 0.3) is 0 Å². The molecule has 1 saturated heterocycles. The van der Waals surface area contributed by atoms with Crippen molar-refractivity contribution >= 4 is 11.9 Å². The molecule has 2 unspecified atom stereocenters. The van der Waals surface area contributed by atoms with Crippen LogP contribution in [0.4, 0.5) is 4.39 Å². The maximum Gasteiger partial charge on any atom is 0.356 e. The third-order valence-corrected chi connectivity index (χ3v) is 2.16. The zero-order valence-electron chi connectivity index (χ0n) is 8.21. The third-order valence-electron chi connectivity index (χ3n) is 2.16. The van der Waals surface area contributed by atoms with Crippen molar-refractivity contribution < 1.29 is 23.5 Å². The Kier molecular flexibility index (Phi) is 3.08. The van der Waals surface area contributed by atoms with E-state index >= 15 is 0 Å². The average Bonchev–Trinajstić information content (AvgIpc) is 2.44. The predicted octanol–water partition coefficient (Wildman–Crippen LogP) is 0.983. The summed E-state index contributed by atoms with van der Waals surface area (Å²) in [5.41, 5.74) is -2.59.